The average Bonchev–Trinajstić information content (AvgIpc) is 3.12. The summed E-state index contributed by atoms with van der Waals surface area (Å²) in [7, 11) is 0. The molecule has 0 aliphatic rings. The van der Waals surface area contributed by atoms with E-state index in [1.807, 2.05) is 13.8 Å². The van der Waals surface area contributed by atoms with Crippen molar-refractivity contribution in [3.05, 3.63) is 31.9 Å². The van der Waals surface area contributed by atoms with Crippen molar-refractivity contribution in [2.75, 3.05) is 18.5 Å². The summed E-state index contributed by atoms with van der Waals surface area (Å²) in [5.41, 5.74) is 2.16. The van der Waals surface area contributed by atoms with Crippen molar-refractivity contribution >= 4 is 50.1 Å². The Balaban J connectivity index is 2.40. The highest BCUT2D eigenvalue weighted by Crippen LogP contribution is 2.35. The van der Waals surface area contributed by atoms with Crippen molar-refractivity contribution < 1.29 is 23.9 Å². The molecular weight excluding hydrogens is 462 g/mol. The second-order valence-corrected chi connectivity index (χ2v) is 8.11. The molecule has 158 valence electrons. The third-order valence-corrected chi connectivity index (χ3v) is 6.64. The number of esters is 2. The number of rotatable bonds is 7. The van der Waals surface area contributed by atoms with Crippen LogP contribution in [0.15, 0.2) is 4.47 Å². The molecule has 0 bridgehead atoms. The van der Waals surface area contributed by atoms with Crippen molar-refractivity contribution in [3.63, 3.8) is 0 Å². The second kappa shape index (κ2) is 9.53. The lowest BCUT2D eigenvalue weighted by Crippen LogP contribution is -2.25. The van der Waals surface area contributed by atoms with E-state index in [2.05, 4.69) is 26.3 Å². The fourth-order valence-corrected chi connectivity index (χ4v) is 4.14. The van der Waals surface area contributed by atoms with Crippen molar-refractivity contribution in [2.24, 2.45) is 0 Å². The monoisotopic (exact) mass is 485 g/mol. The van der Waals surface area contributed by atoms with Crippen molar-refractivity contribution in [1.29, 1.82) is 0 Å². The van der Waals surface area contributed by atoms with Crippen LogP contribution in [0, 0.1) is 20.8 Å². The molecule has 0 spiro atoms. The minimum absolute atomic E-state index is 0.162. The minimum Gasteiger partial charge on any atom is -0.462 e. The van der Waals surface area contributed by atoms with Crippen LogP contribution in [0.25, 0.3) is 0 Å². The molecule has 2 aromatic rings. The van der Waals surface area contributed by atoms with Gasteiger partial charge in [0.25, 0.3) is 0 Å². The van der Waals surface area contributed by atoms with Crippen LogP contribution in [-0.4, -0.2) is 40.8 Å². The van der Waals surface area contributed by atoms with E-state index in [-0.39, 0.29) is 34.6 Å². The Morgan fingerprint density at radius 1 is 1.14 bits per heavy atom. The molecule has 2 rings (SSSR count). The number of amides is 1. The highest BCUT2D eigenvalue weighted by Gasteiger charge is 2.29. The summed E-state index contributed by atoms with van der Waals surface area (Å²) in [6.45, 7) is 10.8. The van der Waals surface area contributed by atoms with Crippen LogP contribution in [0.4, 0.5) is 5.00 Å². The predicted molar refractivity (Wildman–Crippen MR) is 114 cm³/mol. The molecule has 0 saturated carbocycles. The number of hydrogen-bond acceptors (Lipinski definition) is 7. The summed E-state index contributed by atoms with van der Waals surface area (Å²) < 4.78 is 12.6. The highest BCUT2D eigenvalue weighted by molar-refractivity contribution is 9.10. The zero-order valence-corrected chi connectivity index (χ0v) is 19.6. The Hall–Kier alpha value is -2.20. The molecule has 1 N–H and O–H groups in total. The second-order valence-electron chi connectivity index (χ2n) is 6.30. The number of aryl methyl sites for hydroxylation is 1. The fourth-order valence-electron chi connectivity index (χ4n) is 2.79. The third-order valence-electron chi connectivity index (χ3n) is 4.31. The van der Waals surface area contributed by atoms with Gasteiger partial charge in [0.15, 0.2) is 0 Å². The molecule has 0 aromatic carbocycles. The molecule has 10 heteroatoms. The first-order valence-electron chi connectivity index (χ1n) is 9.13. The summed E-state index contributed by atoms with van der Waals surface area (Å²) in [5.74, 6) is -1.52. The van der Waals surface area contributed by atoms with Gasteiger partial charge in [-0.1, -0.05) is 0 Å². The van der Waals surface area contributed by atoms with Crippen molar-refractivity contribution in [2.45, 2.75) is 47.6 Å². The molecule has 0 radical (unpaired) electrons. The molecule has 8 nitrogen and oxygen atoms in total. The third kappa shape index (κ3) is 4.69. The van der Waals surface area contributed by atoms with E-state index in [4.69, 9.17) is 9.47 Å². The lowest BCUT2D eigenvalue weighted by atomic mass is 10.1. The van der Waals surface area contributed by atoms with Gasteiger partial charge >= 0.3 is 11.9 Å². The van der Waals surface area contributed by atoms with Gasteiger partial charge in [-0.05, 0) is 63.0 Å². The first-order chi connectivity index (χ1) is 13.6. The van der Waals surface area contributed by atoms with E-state index in [0.717, 1.165) is 27.2 Å². The van der Waals surface area contributed by atoms with E-state index in [0.29, 0.717) is 5.56 Å². The summed E-state index contributed by atoms with van der Waals surface area (Å²) >= 11 is 4.45. The molecular formula is C19H24BrN3O5S. The molecule has 1 amide bonds. The minimum atomic E-state index is -0.636. The lowest BCUT2D eigenvalue weighted by molar-refractivity contribution is -0.119. The molecule has 2 heterocycles. The van der Waals surface area contributed by atoms with Crippen LogP contribution in [0.3, 0.4) is 0 Å². The van der Waals surface area contributed by atoms with E-state index < -0.39 is 18.0 Å². The largest absolute Gasteiger partial charge is 0.462 e. The lowest BCUT2D eigenvalue weighted by Gasteiger charge is -2.14. The molecule has 2 aromatic heterocycles. The van der Waals surface area contributed by atoms with Gasteiger partial charge in [0.2, 0.25) is 5.91 Å². The van der Waals surface area contributed by atoms with E-state index >= 15 is 0 Å². The molecule has 0 saturated heterocycles. The van der Waals surface area contributed by atoms with Crippen LogP contribution < -0.4 is 5.32 Å². The topological polar surface area (TPSA) is 99.5 Å². The van der Waals surface area contributed by atoms with Gasteiger partial charge in [0.05, 0.1) is 34.6 Å². The summed E-state index contributed by atoms with van der Waals surface area (Å²) in [6.07, 6.45) is 0. The first-order valence-corrected chi connectivity index (χ1v) is 10.7. The van der Waals surface area contributed by atoms with E-state index in [1.54, 1.807) is 32.4 Å². The number of hydrogen-bond donors (Lipinski definition) is 1. The number of aromatic nitrogens is 2. The number of ether oxygens (including phenoxy) is 2. The normalized spacial score (nSPS) is 11.8. The Kier molecular flexibility index (Phi) is 7.59. The van der Waals surface area contributed by atoms with Gasteiger partial charge in [0, 0.05) is 0 Å². The fraction of sp³-hybridized carbons (Fsp3) is 0.474. The van der Waals surface area contributed by atoms with Crippen molar-refractivity contribution in [1.82, 2.24) is 9.78 Å². The maximum atomic E-state index is 12.9. The standard InChI is InChI=1S/C19H24BrN3O5S/c1-7-27-18(25)13-9(3)15(19(26)28-8-2)29-17(13)21-16(24)12(6)23-11(5)14(20)10(4)22-23/h12H,7-8H2,1-6H3,(H,21,24). The molecule has 0 aliphatic heterocycles. The van der Waals surface area contributed by atoms with Crippen LogP contribution in [0.2, 0.25) is 0 Å². The molecule has 29 heavy (non-hydrogen) atoms. The Morgan fingerprint density at radius 3 is 2.24 bits per heavy atom. The van der Waals surface area contributed by atoms with Gasteiger partial charge in [-0.3, -0.25) is 9.48 Å². The zero-order valence-electron chi connectivity index (χ0n) is 17.2. The smallest absolute Gasteiger partial charge is 0.348 e. The molecule has 0 fully saturated rings. The maximum absolute atomic E-state index is 12.9. The molecule has 1 unspecified atom stereocenters. The number of nitrogens with zero attached hydrogens (tertiary/aromatic N) is 2. The van der Waals surface area contributed by atoms with Gasteiger partial charge < -0.3 is 14.8 Å². The Labute approximate surface area is 181 Å². The van der Waals surface area contributed by atoms with Crippen LogP contribution in [-0.2, 0) is 14.3 Å². The number of nitrogens with one attached hydrogen (secondary N) is 1. The van der Waals surface area contributed by atoms with Gasteiger partial charge in [-0.25, -0.2) is 9.59 Å². The maximum Gasteiger partial charge on any atom is 0.348 e. The Bertz CT molecular complexity index is 950. The number of anilines is 1. The summed E-state index contributed by atoms with van der Waals surface area (Å²) in [5, 5.41) is 7.39. The van der Waals surface area contributed by atoms with E-state index in [1.165, 1.54) is 0 Å². The number of carbonyl (C=O) groups is 3. The molecule has 1 atom stereocenters. The van der Waals surface area contributed by atoms with Gasteiger partial charge in [-0.15, -0.1) is 11.3 Å². The Morgan fingerprint density at radius 2 is 1.72 bits per heavy atom. The van der Waals surface area contributed by atoms with Crippen molar-refractivity contribution in [3.8, 4) is 0 Å². The summed E-state index contributed by atoms with van der Waals surface area (Å²) in [4.78, 5) is 37.8. The van der Waals surface area contributed by atoms with E-state index in [9.17, 15) is 14.4 Å². The van der Waals surface area contributed by atoms with Crippen LogP contribution in [0.5, 0.6) is 0 Å². The molecule has 0 aliphatic carbocycles. The van der Waals surface area contributed by atoms with Gasteiger partial charge in [0.1, 0.15) is 15.9 Å². The van der Waals surface area contributed by atoms with Crippen LogP contribution >= 0.6 is 27.3 Å². The SMILES string of the molecule is CCOC(=O)c1sc(NC(=O)C(C)n2nc(C)c(Br)c2C)c(C(=O)OCC)c1C. The zero-order chi connectivity index (χ0) is 21.9. The highest BCUT2D eigenvalue weighted by atomic mass is 79.9. The summed E-state index contributed by atoms with van der Waals surface area (Å²) in [6, 6.07) is -0.636. The van der Waals surface area contributed by atoms with Gasteiger partial charge in [-0.2, -0.15) is 5.10 Å². The first kappa shape index (κ1) is 23.1. The predicted octanol–water partition coefficient (Wildman–Crippen LogP) is 4.19. The number of halogens is 1. The average molecular weight is 486 g/mol. The quantitative estimate of drug-likeness (QED) is 0.590. The number of carbonyl (C=O) groups excluding carboxylic acids is 3. The van der Waals surface area contributed by atoms with Crippen LogP contribution in [0.1, 0.15) is 63.8 Å². The number of thiophene rings is 1.